The fourth-order valence-electron chi connectivity index (χ4n) is 1.62. The van der Waals surface area contributed by atoms with E-state index in [1.807, 2.05) is 6.92 Å². The summed E-state index contributed by atoms with van der Waals surface area (Å²) >= 11 is 0. The Morgan fingerprint density at radius 1 is 1.47 bits per heavy atom. The maximum Gasteiger partial charge on any atom is 0.340 e. The van der Waals surface area contributed by atoms with Crippen LogP contribution in [0.4, 0.5) is 15.8 Å². The first-order valence-electron chi connectivity index (χ1n) is 5.92. The molecular formula is C13H19FN2O3. The van der Waals surface area contributed by atoms with Crippen LogP contribution in [0.2, 0.25) is 0 Å². The van der Waals surface area contributed by atoms with Crippen LogP contribution in [-0.2, 0) is 9.47 Å². The molecule has 0 amide bonds. The number of halogens is 1. The molecule has 0 aliphatic carbocycles. The SMILES string of the molecule is COCCC(C)Nc1cc(C(=O)OC)c(N)cc1F. The average molecular weight is 270 g/mol. The topological polar surface area (TPSA) is 73.6 Å². The van der Waals surface area contributed by atoms with E-state index >= 15 is 0 Å². The molecule has 0 saturated heterocycles. The molecule has 0 aromatic heterocycles. The normalized spacial score (nSPS) is 12.0. The minimum absolute atomic E-state index is 0.00331. The van der Waals surface area contributed by atoms with Gasteiger partial charge in [0.15, 0.2) is 0 Å². The van der Waals surface area contributed by atoms with Gasteiger partial charge in [-0.25, -0.2) is 9.18 Å². The van der Waals surface area contributed by atoms with Gasteiger partial charge in [0.1, 0.15) is 5.82 Å². The van der Waals surface area contributed by atoms with Crippen molar-refractivity contribution in [3.63, 3.8) is 0 Å². The van der Waals surface area contributed by atoms with Crippen molar-refractivity contribution < 1.29 is 18.7 Å². The molecule has 0 fully saturated rings. The number of hydrogen-bond acceptors (Lipinski definition) is 5. The van der Waals surface area contributed by atoms with Gasteiger partial charge in [-0.1, -0.05) is 0 Å². The average Bonchev–Trinajstić information content (AvgIpc) is 2.38. The Morgan fingerprint density at radius 3 is 2.74 bits per heavy atom. The zero-order valence-corrected chi connectivity index (χ0v) is 11.3. The van der Waals surface area contributed by atoms with Crippen molar-refractivity contribution >= 4 is 17.3 Å². The van der Waals surface area contributed by atoms with Gasteiger partial charge in [0.05, 0.1) is 18.4 Å². The number of anilines is 2. The van der Waals surface area contributed by atoms with E-state index in [-0.39, 0.29) is 23.0 Å². The first-order valence-corrected chi connectivity index (χ1v) is 5.92. The van der Waals surface area contributed by atoms with Crippen LogP contribution in [0.1, 0.15) is 23.7 Å². The number of carbonyl (C=O) groups is 1. The first kappa shape index (κ1) is 15.2. The van der Waals surface area contributed by atoms with Gasteiger partial charge in [0.25, 0.3) is 0 Å². The van der Waals surface area contributed by atoms with Crippen molar-refractivity contribution in [1.29, 1.82) is 0 Å². The summed E-state index contributed by atoms with van der Waals surface area (Å²) in [6.45, 7) is 2.46. The number of ether oxygens (including phenoxy) is 2. The molecule has 0 spiro atoms. The van der Waals surface area contributed by atoms with Crippen molar-refractivity contribution in [3.8, 4) is 0 Å². The van der Waals surface area contributed by atoms with Crippen LogP contribution in [-0.4, -0.2) is 32.8 Å². The molecule has 0 bridgehead atoms. The van der Waals surface area contributed by atoms with Crippen LogP contribution < -0.4 is 11.1 Å². The summed E-state index contributed by atoms with van der Waals surface area (Å²) < 4.78 is 23.3. The number of nitrogen functional groups attached to an aromatic ring is 1. The highest BCUT2D eigenvalue weighted by molar-refractivity contribution is 5.96. The summed E-state index contributed by atoms with van der Waals surface area (Å²) in [5.41, 5.74) is 6.01. The Morgan fingerprint density at radius 2 is 2.16 bits per heavy atom. The number of hydrogen-bond donors (Lipinski definition) is 2. The molecule has 1 unspecified atom stereocenters. The molecule has 106 valence electrons. The quantitative estimate of drug-likeness (QED) is 0.611. The predicted molar refractivity (Wildman–Crippen MR) is 71.7 cm³/mol. The molecule has 1 aromatic rings. The number of rotatable bonds is 6. The molecule has 1 aromatic carbocycles. The first-order chi connectivity index (χ1) is 8.99. The summed E-state index contributed by atoms with van der Waals surface area (Å²) in [5.74, 6) is -1.10. The number of methoxy groups -OCH3 is 2. The summed E-state index contributed by atoms with van der Waals surface area (Å²) in [7, 11) is 2.85. The van der Waals surface area contributed by atoms with Gasteiger partial charge >= 0.3 is 5.97 Å². The van der Waals surface area contributed by atoms with Crippen molar-refractivity contribution in [1.82, 2.24) is 0 Å². The third kappa shape index (κ3) is 4.10. The highest BCUT2D eigenvalue weighted by Gasteiger charge is 2.15. The second-order valence-electron chi connectivity index (χ2n) is 4.24. The van der Waals surface area contributed by atoms with Crippen molar-refractivity contribution in [3.05, 3.63) is 23.5 Å². The number of benzene rings is 1. The summed E-state index contributed by atoms with van der Waals surface area (Å²) in [6, 6.07) is 2.47. The predicted octanol–water partition coefficient (Wildman–Crippen LogP) is 2.03. The van der Waals surface area contributed by atoms with Crippen LogP contribution in [0.25, 0.3) is 0 Å². The molecular weight excluding hydrogens is 251 g/mol. The lowest BCUT2D eigenvalue weighted by Gasteiger charge is -2.16. The molecule has 1 atom stereocenters. The molecule has 0 saturated carbocycles. The van der Waals surface area contributed by atoms with Crippen LogP contribution in [0.3, 0.4) is 0 Å². The van der Waals surface area contributed by atoms with E-state index in [1.165, 1.54) is 13.2 Å². The second-order valence-corrected chi connectivity index (χ2v) is 4.24. The van der Waals surface area contributed by atoms with Gasteiger partial charge in [0.2, 0.25) is 0 Å². The lowest BCUT2D eigenvalue weighted by atomic mass is 10.1. The molecule has 0 aliphatic rings. The molecule has 0 aliphatic heterocycles. The Kier molecular flexibility index (Phi) is 5.57. The second kappa shape index (κ2) is 6.94. The van der Waals surface area contributed by atoms with Gasteiger partial charge in [-0.15, -0.1) is 0 Å². The number of esters is 1. The minimum Gasteiger partial charge on any atom is -0.465 e. The lowest BCUT2D eigenvalue weighted by molar-refractivity contribution is 0.0602. The number of nitrogens with two attached hydrogens (primary N) is 1. The molecule has 1 rings (SSSR count). The Labute approximate surface area is 111 Å². The van der Waals surface area contributed by atoms with Crippen LogP contribution in [0.15, 0.2) is 12.1 Å². The minimum atomic E-state index is -0.593. The van der Waals surface area contributed by atoms with Gasteiger partial charge in [-0.05, 0) is 25.5 Å². The monoisotopic (exact) mass is 270 g/mol. The maximum atomic E-state index is 13.8. The van der Waals surface area contributed by atoms with Crippen LogP contribution in [0, 0.1) is 5.82 Å². The number of nitrogens with one attached hydrogen (secondary N) is 1. The molecule has 0 heterocycles. The zero-order valence-electron chi connectivity index (χ0n) is 11.3. The molecule has 5 nitrogen and oxygen atoms in total. The lowest BCUT2D eigenvalue weighted by Crippen LogP contribution is -2.19. The van der Waals surface area contributed by atoms with Crippen molar-refractivity contribution in [2.24, 2.45) is 0 Å². The fraction of sp³-hybridized carbons (Fsp3) is 0.462. The van der Waals surface area contributed by atoms with Gasteiger partial charge in [-0.2, -0.15) is 0 Å². The van der Waals surface area contributed by atoms with E-state index in [2.05, 4.69) is 10.1 Å². The van der Waals surface area contributed by atoms with E-state index in [0.717, 1.165) is 6.07 Å². The molecule has 6 heteroatoms. The molecule has 3 N–H and O–H groups in total. The Balaban J connectivity index is 2.91. The Bertz CT molecular complexity index is 452. The highest BCUT2D eigenvalue weighted by Crippen LogP contribution is 2.23. The largest absolute Gasteiger partial charge is 0.465 e. The third-order valence-corrected chi connectivity index (χ3v) is 2.70. The van der Waals surface area contributed by atoms with Crippen LogP contribution in [0.5, 0.6) is 0 Å². The third-order valence-electron chi connectivity index (χ3n) is 2.70. The highest BCUT2D eigenvalue weighted by atomic mass is 19.1. The van der Waals surface area contributed by atoms with Crippen molar-refractivity contribution in [2.45, 2.75) is 19.4 Å². The van der Waals surface area contributed by atoms with E-state index in [9.17, 15) is 9.18 Å². The smallest absolute Gasteiger partial charge is 0.340 e. The van der Waals surface area contributed by atoms with E-state index in [1.54, 1.807) is 7.11 Å². The maximum absolute atomic E-state index is 13.8. The summed E-state index contributed by atoms with van der Waals surface area (Å²) in [6.07, 6.45) is 0.716. The van der Waals surface area contributed by atoms with E-state index in [4.69, 9.17) is 10.5 Å². The van der Waals surface area contributed by atoms with Gasteiger partial charge in [-0.3, -0.25) is 0 Å². The molecule has 0 radical (unpaired) electrons. The summed E-state index contributed by atoms with van der Waals surface area (Å²) in [5, 5.41) is 2.97. The number of carbonyl (C=O) groups excluding carboxylic acids is 1. The molecule has 19 heavy (non-hydrogen) atoms. The van der Waals surface area contributed by atoms with E-state index in [0.29, 0.717) is 13.0 Å². The Hall–Kier alpha value is -1.82. The van der Waals surface area contributed by atoms with Crippen LogP contribution >= 0.6 is 0 Å². The summed E-state index contributed by atoms with van der Waals surface area (Å²) in [4.78, 5) is 11.5. The standard InChI is InChI=1S/C13H19FN2O3/c1-8(4-5-18-2)16-12-6-9(13(17)19-3)11(15)7-10(12)14/h6-8,16H,4-5,15H2,1-3H3. The van der Waals surface area contributed by atoms with Gasteiger partial charge < -0.3 is 20.5 Å². The van der Waals surface area contributed by atoms with E-state index < -0.39 is 11.8 Å². The van der Waals surface area contributed by atoms with Crippen molar-refractivity contribution in [2.75, 3.05) is 31.9 Å². The van der Waals surface area contributed by atoms with Gasteiger partial charge in [0, 0.05) is 25.4 Å². The zero-order chi connectivity index (χ0) is 14.4. The fourth-order valence-corrected chi connectivity index (χ4v) is 1.62.